The van der Waals surface area contributed by atoms with E-state index in [4.69, 9.17) is 5.11 Å². The number of hydrogen-bond acceptors (Lipinski definition) is 3. The lowest BCUT2D eigenvalue weighted by Gasteiger charge is -2.04. The third-order valence-corrected chi connectivity index (χ3v) is 3.11. The lowest BCUT2D eigenvalue weighted by molar-refractivity contribution is -0.112. The molecule has 0 fully saturated rings. The maximum absolute atomic E-state index is 12.0. The van der Waals surface area contributed by atoms with Crippen molar-refractivity contribution in [2.24, 2.45) is 0 Å². The van der Waals surface area contributed by atoms with E-state index in [0.717, 1.165) is 11.1 Å². The zero-order valence-electron chi connectivity index (χ0n) is 12.5. The Kier molecular flexibility index (Phi) is 5.09. The second kappa shape index (κ2) is 7.22. The first-order chi connectivity index (χ1) is 11.0. The van der Waals surface area contributed by atoms with Crippen LogP contribution in [-0.2, 0) is 11.3 Å². The quantitative estimate of drug-likeness (QED) is 0.712. The largest absolute Gasteiger partial charge is 0.478 e. The number of benzene rings is 1. The number of carbonyl (C=O) groups excluding carboxylic acids is 2. The number of amides is 1. The Hall–Kier alpha value is -3.15. The van der Waals surface area contributed by atoms with Gasteiger partial charge in [-0.25, -0.2) is 4.79 Å². The Bertz CT molecular complexity index is 757. The summed E-state index contributed by atoms with van der Waals surface area (Å²) in [6.07, 6.45) is 4.69. The molecule has 0 atom stereocenters. The molecule has 1 heterocycles. The van der Waals surface area contributed by atoms with Crippen LogP contribution < -0.4 is 5.32 Å². The maximum atomic E-state index is 12.0. The van der Waals surface area contributed by atoms with Crippen LogP contribution in [0.4, 0.5) is 0 Å². The summed E-state index contributed by atoms with van der Waals surface area (Å²) in [5, 5.41) is 11.6. The predicted octanol–water partition coefficient (Wildman–Crippen LogP) is 2.25. The fourth-order valence-corrected chi connectivity index (χ4v) is 1.89. The Morgan fingerprint density at radius 2 is 1.91 bits per heavy atom. The van der Waals surface area contributed by atoms with Crippen LogP contribution >= 0.6 is 0 Å². The fraction of sp³-hybridized carbons (Fsp3) is 0.118. The van der Waals surface area contributed by atoms with E-state index in [9.17, 15) is 14.4 Å². The van der Waals surface area contributed by atoms with Gasteiger partial charge >= 0.3 is 5.97 Å². The lowest BCUT2D eigenvalue weighted by atomic mass is 10.1. The van der Waals surface area contributed by atoms with Gasteiger partial charge in [0.15, 0.2) is 5.78 Å². The lowest BCUT2D eigenvalue weighted by Crippen LogP contribution is -2.23. The van der Waals surface area contributed by atoms with Crippen LogP contribution in [-0.4, -0.2) is 27.8 Å². The number of aromatic amines is 1. The van der Waals surface area contributed by atoms with E-state index in [-0.39, 0.29) is 23.8 Å². The van der Waals surface area contributed by atoms with Gasteiger partial charge in [0.25, 0.3) is 5.91 Å². The van der Waals surface area contributed by atoms with Crippen LogP contribution in [0.2, 0.25) is 0 Å². The first kappa shape index (κ1) is 16.2. The zero-order chi connectivity index (χ0) is 16.8. The number of hydrogen-bond donors (Lipinski definition) is 3. The molecule has 0 aliphatic rings. The molecule has 0 aliphatic carbocycles. The number of carbonyl (C=O) groups is 3. The second-order valence-corrected chi connectivity index (χ2v) is 4.98. The van der Waals surface area contributed by atoms with Gasteiger partial charge in [-0.05, 0) is 48.4 Å². The molecule has 1 aromatic carbocycles. The molecule has 0 unspecified atom stereocenters. The van der Waals surface area contributed by atoms with Gasteiger partial charge in [0, 0.05) is 12.7 Å². The van der Waals surface area contributed by atoms with E-state index in [1.165, 1.54) is 25.1 Å². The molecule has 3 N–H and O–H groups in total. The van der Waals surface area contributed by atoms with E-state index in [0.29, 0.717) is 5.69 Å². The monoisotopic (exact) mass is 312 g/mol. The summed E-state index contributed by atoms with van der Waals surface area (Å²) in [5.41, 5.74) is 2.12. The van der Waals surface area contributed by atoms with Gasteiger partial charge in [0.05, 0.1) is 5.56 Å². The molecule has 0 bridgehead atoms. The molecule has 2 aromatic rings. The number of rotatable bonds is 6. The number of H-pyrrole nitrogens is 1. The molecular formula is C17H16N2O4. The predicted molar refractivity (Wildman–Crippen MR) is 85.1 cm³/mol. The van der Waals surface area contributed by atoms with Crippen LogP contribution in [0.15, 0.2) is 42.6 Å². The van der Waals surface area contributed by atoms with Crippen molar-refractivity contribution in [3.63, 3.8) is 0 Å². The second-order valence-electron chi connectivity index (χ2n) is 4.98. The molecule has 0 aliphatic heterocycles. The summed E-state index contributed by atoms with van der Waals surface area (Å²) in [6, 6.07) is 7.92. The Morgan fingerprint density at radius 1 is 1.22 bits per heavy atom. The molecular weight excluding hydrogens is 296 g/mol. The third kappa shape index (κ3) is 4.67. The number of ketones is 1. The first-order valence-corrected chi connectivity index (χ1v) is 6.93. The number of carboxylic acids is 1. The highest BCUT2D eigenvalue weighted by Crippen LogP contribution is 2.07. The van der Waals surface area contributed by atoms with Gasteiger partial charge in [0.1, 0.15) is 5.69 Å². The number of aromatic nitrogens is 1. The van der Waals surface area contributed by atoms with Gasteiger partial charge in [-0.15, -0.1) is 0 Å². The highest BCUT2D eigenvalue weighted by molar-refractivity contribution is 5.94. The molecule has 6 nitrogen and oxygen atoms in total. The molecule has 2 rings (SSSR count). The Labute approximate surface area is 132 Å². The summed E-state index contributed by atoms with van der Waals surface area (Å²) >= 11 is 0. The Balaban J connectivity index is 1.94. The molecule has 118 valence electrons. The van der Waals surface area contributed by atoms with Crippen LogP contribution in [0.1, 0.15) is 38.9 Å². The van der Waals surface area contributed by atoms with Crippen molar-refractivity contribution in [2.75, 3.05) is 0 Å². The molecule has 1 amide bonds. The normalized spacial score (nSPS) is 10.7. The summed E-state index contributed by atoms with van der Waals surface area (Å²) in [5.74, 6) is -1.34. The first-order valence-electron chi connectivity index (χ1n) is 6.93. The average molecular weight is 312 g/mol. The van der Waals surface area contributed by atoms with E-state index < -0.39 is 5.97 Å². The van der Waals surface area contributed by atoms with Crippen LogP contribution in [0.3, 0.4) is 0 Å². The minimum Gasteiger partial charge on any atom is -0.478 e. The van der Waals surface area contributed by atoms with Crippen molar-refractivity contribution in [3.8, 4) is 0 Å². The summed E-state index contributed by atoms with van der Waals surface area (Å²) < 4.78 is 0. The number of allylic oxidation sites excluding steroid dienone is 1. The van der Waals surface area contributed by atoms with Gasteiger partial charge in [-0.2, -0.15) is 0 Å². The highest BCUT2D eigenvalue weighted by atomic mass is 16.4. The van der Waals surface area contributed by atoms with Gasteiger partial charge in [0.2, 0.25) is 0 Å². The number of nitrogens with one attached hydrogen (secondary N) is 2. The van der Waals surface area contributed by atoms with Gasteiger partial charge in [-0.3, -0.25) is 9.59 Å². The molecule has 1 aromatic heterocycles. The van der Waals surface area contributed by atoms with Crippen molar-refractivity contribution in [1.29, 1.82) is 0 Å². The molecule has 6 heteroatoms. The molecule has 0 saturated carbocycles. The molecule has 0 spiro atoms. The summed E-state index contributed by atoms with van der Waals surface area (Å²) in [4.78, 5) is 36.5. The van der Waals surface area contributed by atoms with E-state index >= 15 is 0 Å². The SMILES string of the molecule is CC(=O)/C=C/c1c[nH]c(C(=O)NCc2ccc(C(=O)O)cc2)c1. The topological polar surface area (TPSA) is 99.3 Å². The van der Waals surface area contributed by atoms with Gasteiger partial charge < -0.3 is 15.4 Å². The molecule has 23 heavy (non-hydrogen) atoms. The van der Waals surface area contributed by atoms with Crippen molar-refractivity contribution >= 4 is 23.7 Å². The van der Waals surface area contributed by atoms with Crippen LogP contribution in [0.5, 0.6) is 0 Å². The minimum absolute atomic E-state index is 0.0676. The summed E-state index contributed by atoms with van der Waals surface area (Å²) in [6.45, 7) is 1.74. The molecule has 0 radical (unpaired) electrons. The zero-order valence-corrected chi connectivity index (χ0v) is 12.5. The van der Waals surface area contributed by atoms with Crippen molar-refractivity contribution in [1.82, 2.24) is 10.3 Å². The summed E-state index contributed by atoms with van der Waals surface area (Å²) in [7, 11) is 0. The number of aromatic carboxylic acids is 1. The highest BCUT2D eigenvalue weighted by Gasteiger charge is 2.08. The van der Waals surface area contributed by atoms with Crippen molar-refractivity contribution in [2.45, 2.75) is 13.5 Å². The molecule has 0 saturated heterocycles. The van der Waals surface area contributed by atoms with E-state index in [1.807, 2.05) is 0 Å². The van der Waals surface area contributed by atoms with Crippen molar-refractivity contribution < 1.29 is 19.5 Å². The van der Waals surface area contributed by atoms with Crippen LogP contribution in [0.25, 0.3) is 6.08 Å². The smallest absolute Gasteiger partial charge is 0.335 e. The third-order valence-electron chi connectivity index (χ3n) is 3.11. The number of carboxylic acid groups (broad SMARTS) is 1. The van der Waals surface area contributed by atoms with E-state index in [1.54, 1.807) is 30.5 Å². The Morgan fingerprint density at radius 3 is 2.52 bits per heavy atom. The van der Waals surface area contributed by atoms with Gasteiger partial charge in [-0.1, -0.05) is 12.1 Å². The van der Waals surface area contributed by atoms with E-state index in [2.05, 4.69) is 10.3 Å². The maximum Gasteiger partial charge on any atom is 0.335 e. The minimum atomic E-state index is -0.988. The van der Waals surface area contributed by atoms with Crippen LogP contribution in [0, 0.1) is 0 Å². The standard InChI is InChI=1S/C17H16N2O4/c1-11(20)2-3-13-8-15(18-10-13)16(21)19-9-12-4-6-14(7-5-12)17(22)23/h2-8,10,18H,9H2,1H3,(H,19,21)(H,22,23)/b3-2+. The fourth-order valence-electron chi connectivity index (χ4n) is 1.89. The van der Waals surface area contributed by atoms with Crippen molar-refractivity contribution in [3.05, 3.63) is 65.0 Å². The average Bonchev–Trinajstić information content (AvgIpc) is 3.00.